The topological polar surface area (TPSA) is 57.0 Å². The summed E-state index contributed by atoms with van der Waals surface area (Å²) in [6.45, 7) is 12.9. The number of pyridine rings is 1. The van der Waals surface area contributed by atoms with Crippen LogP contribution < -0.4 is 5.19 Å². The first-order chi connectivity index (χ1) is 29.3. The van der Waals surface area contributed by atoms with E-state index in [0.29, 0.717) is 17.0 Å². The fourth-order valence-electron chi connectivity index (χ4n) is 8.37. The fraction of sp³-hybridized carbons (Fsp3) is 0.132. The van der Waals surface area contributed by atoms with Crippen LogP contribution in [0.4, 0.5) is 4.39 Å². The molecule has 0 aliphatic rings. The number of aromatic nitrogens is 3. The first kappa shape index (κ1) is 39.0. The SMILES string of the molecule is Cc1c[c-]c(-c2nc3cc4ccccc4cc3n2-c2cccc3c2oc2ccc(F)cc23)c2oc3ccccc3c12.[2H]C(C)(C)c1cc(-c2[c-]cccc2)ncc1[Si](C)(C)C.[Ir]. The molecule has 0 saturated heterocycles. The Morgan fingerprint density at radius 3 is 2.25 bits per heavy atom. The number of rotatable bonds is 5. The van der Waals surface area contributed by atoms with E-state index < -0.39 is 14.0 Å². The summed E-state index contributed by atoms with van der Waals surface area (Å²) in [6.07, 6.45) is 1.98. The fourth-order valence-corrected chi connectivity index (χ4v) is 9.95. The Balaban J connectivity index is 0.000000198. The molecule has 0 unspecified atom stereocenters. The molecule has 0 aliphatic carbocycles. The van der Waals surface area contributed by atoms with E-state index in [0.717, 1.165) is 88.2 Å². The van der Waals surface area contributed by atoms with Crippen LogP contribution >= 0.6 is 0 Å². The summed E-state index contributed by atoms with van der Waals surface area (Å²) < 4.78 is 37.7. The number of aryl methyl sites for hydroxylation is 1. The Labute approximate surface area is 369 Å². The Morgan fingerprint density at radius 1 is 0.754 bits per heavy atom. The molecule has 61 heavy (non-hydrogen) atoms. The summed E-state index contributed by atoms with van der Waals surface area (Å²) >= 11 is 0. The third-order valence-electron chi connectivity index (χ3n) is 11.3. The zero-order valence-corrected chi connectivity index (χ0v) is 38.0. The van der Waals surface area contributed by atoms with Crippen LogP contribution in [-0.4, -0.2) is 22.6 Å². The molecule has 0 fully saturated rings. The molecule has 0 amide bonds. The van der Waals surface area contributed by atoms with Crippen LogP contribution in [0.5, 0.6) is 0 Å². The van der Waals surface area contributed by atoms with Gasteiger partial charge in [0.15, 0.2) is 5.58 Å². The number of halogens is 1. The standard InChI is InChI=1S/C36H20FN2O2.C17H22NSi.Ir/c1-20-13-15-26(35-33(20)25-9-4-5-12-31(25)41-35)36-38-28-17-21-7-2-3-8-22(21)18-30(28)39(36)29-11-6-10-24-27-19-23(37)14-16-32(27)40-34(24)29;1-13(2)15-11-16(14-9-7-6-8-10-14)18-12-17(15)19(3,4)5;/h2-14,16-19H,1H3;6-9,11-13H,1-5H3;/q2*-1;/i;13D;. The smallest absolute Gasteiger partial charge is 0.158 e. The first-order valence-corrected chi connectivity index (χ1v) is 23.7. The maximum atomic E-state index is 14.3. The third kappa shape index (κ3) is 7.08. The van der Waals surface area contributed by atoms with E-state index in [2.05, 4.69) is 84.6 Å². The van der Waals surface area contributed by atoms with Crippen LogP contribution in [-0.2, 0) is 20.1 Å². The van der Waals surface area contributed by atoms with Crippen LogP contribution in [0.1, 0.15) is 32.2 Å². The van der Waals surface area contributed by atoms with Crippen LogP contribution in [0.2, 0.25) is 19.6 Å². The summed E-state index contributed by atoms with van der Waals surface area (Å²) in [5, 5.41) is 7.17. The van der Waals surface area contributed by atoms with Gasteiger partial charge in [-0.25, -0.2) is 4.39 Å². The maximum absolute atomic E-state index is 14.3. The molecule has 0 atom stereocenters. The number of benzene rings is 7. The van der Waals surface area contributed by atoms with Gasteiger partial charge in [0.1, 0.15) is 17.0 Å². The van der Waals surface area contributed by atoms with Crippen molar-refractivity contribution in [3.63, 3.8) is 0 Å². The van der Waals surface area contributed by atoms with Crippen molar-refractivity contribution in [3.05, 3.63) is 169 Å². The number of fused-ring (bicyclic) bond motifs is 8. The second-order valence-electron chi connectivity index (χ2n) is 16.6. The monoisotopic (exact) mass is 993 g/mol. The van der Waals surface area contributed by atoms with Crippen molar-refractivity contribution in [2.24, 2.45) is 0 Å². The molecule has 0 bridgehead atoms. The summed E-state index contributed by atoms with van der Waals surface area (Å²) in [5.74, 6) is -0.215. The molecule has 11 rings (SSSR count). The molecule has 4 heterocycles. The summed E-state index contributed by atoms with van der Waals surface area (Å²) in [6, 6.07) is 49.9. The van der Waals surface area contributed by atoms with E-state index in [-0.39, 0.29) is 25.9 Å². The molecule has 0 spiro atoms. The van der Waals surface area contributed by atoms with Gasteiger partial charge in [-0.1, -0.05) is 118 Å². The minimum atomic E-state index is -1.50. The third-order valence-corrected chi connectivity index (χ3v) is 13.3. The van der Waals surface area contributed by atoms with Crippen LogP contribution in [0.25, 0.3) is 94.0 Å². The zero-order chi connectivity index (χ0) is 42.2. The van der Waals surface area contributed by atoms with E-state index >= 15 is 0 Å². The molecule has 5 nitrogen and oxygen atoms in total. The average molecular weight is 993 g/mol. The predicted octanol–water partition coefficient (Wildman–Crippen LogP) is 14.1. The average Bonchev–Trinajstić information content (AvgIpc) is 3.94. The van der Waals surface area contributed by atoms with Gasteiger partial charge in [0.25, 0.3) is 0 Å². The van der Waals surface area contributed by atoms with E-state index in [1.807, 2.05) is 98.9 Å². The van der Waals surface area contributed by atoms with E-state index in [1.165, 1.54) is 17.3 Å². The molecular formula is C53H42FIrN3O2Si-2. The van der Waals surface area contributed by atoms with Gasteiger partial charge in [-0.3, -0.25) is 4.98 Å². The second kappa shape index (κ2) is 15.7. The number of hydrogen-bond donors (Lipinski definition) is 0. The Bertz CT molecular complexity index is 3490. The van der Waals surface area contributed by atoms with E-state index in [4.69, 9.17) is 15.2 Å². The normalized spacial score (nSPS) is 12.3. The van der Waals surface area contributed by atoms with Gasteiger partial charge in [0.2, 0.25) is 0 Å². The number of para-hydroxylation sites is 2. The minimum Gasteiger partial charge on any atom is -0.501 e. The number of hydrogen-bond acceptors (Lipinski definition) is 4. The van der Waals surface area contributed by atoms with Crippen molar-refractivity contribution < 1.29 is 34.7 Å². The van der Waals surface area contributed by atoms with Gasteiger partial charge < -0.3 is 18.4 Å². The molecular weight excluding hydrogens is 950 g/mol. The second-order valence-corrected chi connectivity index (χ2v) is 21.7. The number of nitrogens with zero attached hydrogens (tertiary/aromatic N) is 3. The summed E-state index contributed by atoms with van der Waals surface area (Å²) in [5.41, 5.74) is 10.3. The van der Waals surface area contributed by atoms with Gasteiger partial charge in [0, 0.05) is 43.8 Å². The number of furan rings is 2. The van der Waals surface area contributed by atoms with Crippen molar-refractivity contribution in [3.8, 4) is 28.3 Å². The van der Waals surface area contributed by atoms with Crippen molar-refractivity contribution >= 4 is 78.9 Å². The number of imidazole rings is 1. The summed E-state index contributed by atoms with van der Waals surface area (Å²) in [7, 11) is -1.50. The van der Waals surface area contributed by atoms with Crippen LogP contribution in [0.15, 0.2) is 148 Å². The molecule has 1 radical (unpaired) electrons. The predicted molar refractivity (Wildman–Crippen MR) is 248 cm³/mol. The molecule has 8 heteroatoms. The molecule has 0 N–H and O–H groups in total. The van der Waals surface area contributed by atoms with Gasteiger partial charge in [0.05, 0.1) is 36.2 Å². The van der Waals surface area contributed by atoms with Gasteiger partial charge in [-0.05, 0) is 70.0 Å². The van der Waals surface area contributed by atoms with Crippen molar-refractivity contribution in [2.75, 3.05) is 0 Å². The molecule has 303 valence electrons. The Hall–Kier alpha value is -6.18. The van der Waals surface area contributed by atoms with Crippen molar-refractivity contribution in [1.29, 1.82) is 0 Å². The molecule has 11 aromatic rings. The molecule has 0 aliphatic heterocycles. The van der Waals surface area contributed by atoms with Gasteiger partial charge in [-0.2, -0.15) is 0 Å². The summed E-state index contributed by atoms with van der Waals surface area (Å²) in [4.78, 5) is 9.81. The molecule has 7 aromatic carbocycles. The zero-order valence-electron chi connectivity index (χ0n) is 35.6. The molecule has 4 aromatic heterocycles. The van der Waals surface area contributed by atoms with Crippen LogP contribution in [0, 0.1) is 24.9 Å². The molecule has 0 saturated carbocycles. The minimum absolute atomic E-state index is 0. The van der Waals surface area contributed by atoms with Crippen molar-refractivity contribution in [1.82, 2.24) is 14.5 Å². The Morgan fingerprint density at radius 2 is 1.48 bits per heavy atom. The van der Waals surface area contributed by atoms with E-state index in [9.17, 15) is 4.39 Å². The van der Waals surface area contributed by atoms with Gasteiger partial charge >= 0.3 is 0 Å². The van der Waals surface area contributed by atoms with Gasteiger partial charge in [-0.15, -0.1) is 53.6 Å². The first-order valence-electron chi connectivity index (χ1n) is 20.7. The van der Waals surface area contributed by atoms with Crippen molar-refractivity contribution in [2.45, 2.75) is 46.3 Å². The maximum Gasteiger partial charge on any atom is 0.158 e. The Kier molecular flexibility index (Phi) is 10.0. The largest absolute Gasteiger partial charge is 0.501 e. The quantitative estimate of drug-likeness (QED) is 0.127. The van der Waals surface area contributed by atoms with E-state index in [1.54, 1.807) is 6.07 Å². The van der Waals surface area contributed by atoms with Crippen LogP contribution in [0.3, 0.4) is 0 Å².